The van der Waals surface area contributed by atoms with E-state index in [1.807, 2.05) is 32.0 Å². The summed E-state index contributed by atoms with van der Waals surface area (Å²) in [5, 5.41) is 23.4. The van der Waals surface area contributed by atoms with Crippen LogP contribution in [0.5, 0.6) is 5.75 Å². The van der Waals surface area contributed by atoms with Gasteiger partial charge in [0.2, 0.25) is 21.8 Å². The molecule has 0 saturated carbocycles. The maximum Gasteiger partial charge on any atom is 0.258 e. The number of aromatic nitrogens is 2. The highest BCUT2D eigenvalue weighted by atomic mass is 32.2. The molecule has 2 aromatic carbocycles. The zero-order valence-electron chi connectivity index (χ0n) is 23.0. The van der Waals surface area contributed by atoms with Crippen LogP contribution in [0.3, 0.4) is 0 Å². The van der Waals surface area contributed by atoms with Crippen molar-refractivity contribution in [1.82, 2.24) is 19.8 Å². The van der Waals surface area contributed by atoms with Crippen molar-refractivity contribution in [2.45, 2.75) is 57.7 Å². The number of likely N-dealkylation sites (tertiary alicyclic amines) is 1. The van der Waals surface area contributed by atoms with Crippen LogP contribution in [-0.4, -0.2) is 72.1 Å². The molecule has 2 N–H and O–H groups in total. The number of piperidine rings is 1. The van der Waals surface area contributed by atoms with Crippen molar-refractivity contribution in [2.75, 3.05) is 25.4 Å². The van der Waals surface area contributed by atoms with Gasteiger partial charge in [0, 0.05) is 30.8 Å². The van der Waals surface area contributed by atoms with Crippen LogP contribution in [0.1, 0.15) is 55.7 Å². The van der Waals surface area contributed by atoms with E-state index in [1.165, 1.54) is 4.90 Å². The summed E-state index contributed by atoms with van der Waals surface area (Å²) in [4.78, 5) is 18.6. The predicted octanol–water partition coefficient (Wildman–Crippen LogP) is 2.99. The largest absolute Gasteiger partial charge is 0.490 e. The minimum absolute atomic E-state index is 0.0574. The second-order valence-electron chi connectivity index (χ2n) is 10.7. The van der Waals surface area contributed by atoms with Crippen LogP contribution in [0.25, 0.3) is 22.8 Å². The average Bonchev–Trinajstić information content (AvgIpc) is 3.60. The predicted molar refractivity (Wildman–Crippen MR) is 150 cm³/mol. The molecule has 1 fully saturated rings. The van der Waals surface area contributed by atoms with Crippen LogP contribution in [0.2, 0.25) is 0 Å². The molecule has 11 nitrogen and oxygen atoms in total. The SMILES string of the molecule is CC(C)Oc1ccc(-c2nc(-c3cccc4c3CCC4CNS(=O)(=O)CC(=O)N3CCC(O)CC3)no2)cc1C#N. The Balaban J connectivity index is 1.27. The minimum atomic E-state index is -3.81. The van der Waals surface area contributed by atoms with E-state index in [4.69, 9.17) is 9.26 Å². The van der Waals surface area contributed by atoms with Crippen molar-refractivity contribution in [2.24, 2.45) is 0 Å². The van der Waals surface area contributed by atoms with E-state index in [1.54, 1.807) is 18.2 Å². The lowest BCUT2D eigenvalue weighted by Crippen LogP contribution is -2.44. The number of fused-ring (bicyclic) bond motifs is 1. The van der Waals surface area contributed by atoms with E-state index in [2.05, 4.69) is 20.9 Å². The molecular weight excluding hydrogens is 546 g/mol. The van der Waals surface area contributed by atoms with E-state index in [0.29, 0.717) is 48.6 Å². The van der Waals surface area contributed by atoms with Crippen molar-refractivity contribution in [3.63, 3.8) is 0 Å². The zero-order chi connectivity index (χ0) is 29.1. The average molecular weight is 580 g/mol. The Morgan fingerprint density at radius 2 is 2.02 bits per heavy atom. The van der Waals surface area contributed by atoms with Crippen molar-refractivity contribution in [3.8, 4) is 34.7 Å². The van der Waals surface area contributed by atoms with E-state index < -0.39 is 27.8 Å². The Morgan fingerprint density at radius 3 is 2.76 bits per heavy atom. The van der Waals surface area contributed by atoms with Crippen LogP contribution in [0.4, 0.5) is 0 Å². The van der Waals surface area contributed by atoms with E-state index in [0.717, 1.165) is 29.5 Å². The Kier molecular flexibility index (Phi) is 8.40. The zero-order valence-corrected chi connectivity index (χ0v) is 23.9. The molecule has 1 aliphatic heterocycles. The molecule has 0 spiro atoms. The molecule has 216 valence electrons. The fourth-order valence-corrected chi connectivity index (χ4v) is 6.43. The highest BCUT2D eigenvalue weighted by Gasteiger charge is 2.30. The van der Waals surface area contributed by atoms with Gasteiger partial charge < -0.3 is 19.3 Å². The van der Waals surface area contributed by atoms with Gasteiger partial charge in [0.1, 0.15) is 17.6 Å². The number of aliphatic hydroxyl groups is 1. The van der Waals surface area contributed by atoms with Gasteiger partial charge in [-0.05, 0) is 74.8 Å². The summed E-state index contributed by atoms with van der Waals surface area (Å²) < 4.78 is 39.2. The number of ether oxygens (including phenoxy) is 1. The molecule has 1 aromatic heterocycles. The van der Waals surface area contributed by atoms with E-state index in [-0.39, 0.29) is 24.5 Å². The molecular formula is C29H33N5O6S. The first kappa shape index (κ1) is 28.7. The lowest BCUT2D eigenvalue weighted by molar-refractivity contribution is -0.130. The summed E-state index contributed by atoms with van der Waals surface area (Å²) in [5.74, 6) is 0.0706. The standard InChI is InChI=1S/C29H33N5O6S/c1-18(2)39-26-9-7-19(14-21(26)15-30)29-32-28(33-40-29)25-5-3-4-23-20(6-8-24(23)25)16-31-41(37,38)17-27(36)34-12-10-22(35)11-13-34/h3-5,7,9,14,18,20,22,31,35H,6,8,10-13,16-17H2,1-2H3. The number of nitriles is 1. The summed E-state index contributed by atoms with van der Waals surface area (Å²) >= 11 is 0. The van der Waals surface area contributed by atoms with Gasteiger partial charge in [-0.15, -0.1) is 0 Å². The van der Waals surface area contributed by atoms with Gasteiger partial charge in [-0.2, -0.15) is 10.2 Å². The van der Waals surface area contributed by atoms with Crippen LogP contribution in [0, 0.1) is 11.3 Å². The summed E-state index contributed by atoms with van der Waals surface area (Å²) in [6.45, 7) is 4.70. The maximum atomic E-state index is 12.7. The molecule has 1 amide bonds. The van der Waals surface area contributed by atoms with E-state index in [9.17, 15) is 23.6 Å². The molecule has 1 aliphatic carbocycles. The first-order valence-corrected chi connectivity index (χ1v) is 15.4. The van der Waals surface area contributed by atoms with Crippen molar-refractivity contribution >= 4 is 15.9 Å². The minimum Gasteiger partial charge on any atom is -0.490 e. The van der Waals surface area contributed by atoms with Gasteiger partial charge in [-0.3, -0.25) is 4.79 Å². The van der Waals surface area contributed by atoms with Gasteiger partial charge in [0.15, 0.2) is 0 Å². The van der Waals surface area contributed by atoms with E-state index >= 15 is 0 Å². The fourth-order valence-electron chi connectivity index (χ4n) is 5.37. The number of aliphatic hydroxyl groups excluding tert-OH is 1. The highest BCUT2D eigenvalue weighted by molar-refractivity contribution is 7.90. The van der Waals surface area contributed by atoms with Crippen molar-refractivity contribution in [3.05, 3.63) is 53.1 Å². The normalized spacial score (nSPS) is 17.4. The first-order chi connectivity index (χ1) is 19.6. The molecule has 12 heteroatoms. The van der Waals surface area contributed by atoms with Crippen LogP contribution < -0.4 is 9.46 Å². The van der Waals surface area contributed by atoms with Gasteiger partial charge in [0.05, 0.1) is 17.8 Å². The topological polar surface area (TPSA) is 159 Å². The molecule has 1 unspecified atom stereocenters. The molecule has 1 atom stereocenters. The number of carbonyl (C=O) groups excluding carboxylic acids is 1. The third-order valence-corrected chi connectivity index (χ3v) is 8.69. The smallest absolute Gasteiger partial charge is 0.258 e. The number of sulfonamides is 1. The van der Waals surface area contributed by atoms with Crippen molar-refractivity contribution in [1.29, 1.82) is 5.26 Å². The molecule has 2 aliphatic rings. The third-order valence-electron chi connectivity index (χ3n) is 7.45. The molecule has 41 heavy (non-hydrogen) atoms. The molecule has 1 saturated heterocycles. The number of hydrogen-bond acceptors (Lipinski definition) is 9. The number of amides is 1. The Hall–Kier alpha value is -3.79. The summed E-state index contributed by atoms with van der Waals surface area (Å²) in [7, 11) is -3.81. The molecule has 5 rings (SSSR count). The number of benzene rings is 2. The Morgan fingerprint density at radius 1 is 1.24 bits per heavy atom. The molecule has 2 heterocycles. The summed E-state index contributed by atoms with van der Waals surface area (Å²) in [6.07, 6.45) is 1.87. The number of carbonyl (C=O) groups is 1. The fraction of sp³-hybridized carbons (Fsp3) is 0.448. The lowest BCUT2D eigenvalue weighted by atomic mass is 9.98. The van der Waals surface area contributed by atoms with Gasteiger partial charge >= 0.3 is 0 Å². The molecule has 0 bridgehead atoms. The van der Waals surface area contributed by atoms with Crippen LogP contribution in [0.15, 0.2) is 40.9 Å². The van der Waals surface area contributed by atoms with Gasteiger partial charge in [0.25, 0.3) is 5.89 Å². The number of nitrogens with zero attached hydrogens (tertiary/aromatic N) is 4. The second-order valence-corrected chi connectivity index (χ2v) is 12.5. The first-order valence-electron chi connectivity index (χ1n) is 13.7. The maximum absolute atomic E-state index is 12.7. The van der Waals surface area contributed by atoms with Crippen LogP contribution >= 0.6 is 0 Å². The Labute approximate surface area is 239 Å². The number of nitrogens with one attached hydrogen (secondary N) is 1. The third kappa shape index (κ3) is 6.59. The molecule has 0 radical (unpaired) electrons. The molecule has 3 aromatic rings. The number of rotatable bonds is 9. The Bertz CT molecular complexity index is 1570. The lowest BCUT2D eigenvalue weighted by Gasteiger charge is -2.29. The van der Waals surface area contributed by atoms with Gasteiger partial charge in [-0.1, -0.05) is 23.4 Å². The quantitative estimate of drug-likeness (QED) is 0.389. The van der Waals surface area contributed by atoms with Gasteiger partial charge in [-0.25, -0.2) is 13.1 Å². The highest BCUT2D eigenvalue weighted by Crippen LogP contribution is 2.38. The summed E-state index contributed by atoms with van der Waals surface area (Å²) in [6, 6.07) is 13.1. The van der Waals surface area contributed by atoms with Crippen molar-refractivity contribution < 1.29 is 27.6 Å². The summed E-state index contributed by atoms with van der Waals surface area (Å²) in [5.41, 5.74) is 3.83. The monoisotopic (exact) mass is 579 g/mol. The second kappa shape index (κ2) is 12.0. The van der Waals surface area contributed by atoms with Crippen LogP contribution in [-0.2, 0) is 21.2 Å². The number of hydrogen-bond donors (Lipinski definition) is 2.